The number of benzene rings is 1. The van der Waals surface area contributed by atoms with Gasteiger partial charge in [0, 0.05) is 25.1 Å². The molecule has 2 aliphatic rings. The second-order valence-corrected chi connectivity index (χ2v) is 8.51. The van der Waals surface area contributed by atoms with Gasteiger partial charge in [-0.05, 0) is 43.2 Å². The van der Waals surface area contributed by atoms with Crippen LogP contribution in [0.3, 0.4) is 0 Å². The fraction of sp³-hybridized carbons (Fsp3) is 0.478. The number of isocyanates is 1. The van der Waals surface area contributed by atoms with Crippen LogP contribution in [0, 0.1) is 11.8 Å². The third-order valence-corrected chi connectivity index (χ3v) is 6.40. The molecule has 1 saturated carbocycles. The second kappa shape index (κ2) is 9.78. The number of nitrogens with zero attached hydrogens (tertiary/aromatic N) is 4. The molecule has 0 bridgehead atoms. The van der Waals surface area contributed by atoms with Gasteiger partial charge in [0.1, 0.15) is 0 Å². The molecule has 2 aromatic rings. The number of para-hydroxylation sites is 1. The minimum absolute atomic E-state index is 0.00721. The summed E-state index contributed by atoms with van der Waals surface area (Å²) in [6.07, 6.45) is 6.23. The van der Waals surface area contributed by atoms with Crippen molar-refractivity contribution < 1.29 is 19.5 Å². The van der Waals surface area contributed by atoms with Crippen molar-refractivity contribution in [3.63, 3.8) is 0 Å². The number of hydrogen-bond acceptors (Lipinski definition) is 5. The Morgan fingerprint density at radius 3 is 2.75 bits per heavy atom. The van der Waals surface area contributed by atoms with Crippen LogP contribution in [0.4, 0.5) is 4.79 Å². The number of carbonyl (C=O) groups excluding carboxylic acids is 2. The first kappa shape index (κ1) is 21.8. The average molecular weight is 438 g/mol. The van der Waals surface area contributed by atoms with Gasteiger partial charge < -0.3 is 15.3 Å². The van der Waals surface area contributed by atoms with Gasteiger partial charge in [0.2, 0.25) is 6.08 Å². The van der Waals surface area contributed by atoms with E-state index in [4.69, 9.17) is 0 Å². The van der Waals surface area contributed by atoms with Gasteiger partial charge >= 0.3 is 12.0 Å². The van der Waals surface area contributed by atoms with Crippen LogP contribution in [-0.2, 0) is 17.8 Å². The lowest BCUT2D eigenvalue weighted by Crippen LogP contribution is -2.45. The fourth-order valence-corrected chi connectivity index (χ4v) is 4.81. The van der Waals surface area contributed by atoms with Crippen LogP contribution in [0.15, 0.2) is 35.3 Å². The Labute approximate surface area is 186 Å². The van der Waals surface area contributed by atoms with Crippen molar-refractivity contribution >= 4 is 18.1 Å². The van der Waals surface area contributed by atoms with Gasteiger partial charge in [-0.2, -0.15) is 5.10 Å². The average Bonchev–Trinajstić information content (AvgIpc) is 3.21. The molecule has 2 unspecified atom stereocenters. The second-order valence-electron chi connectivity index (χ2n) is 8.51. The van der Waals surface area contributed by atoms with Gasteiger partial charge in [0.25, 0.3) is 0 Å². The summed E-state index contributed by atoms with van der Waals surface area (Å²) >= 11 is 0. The maximum Gasteiger partial charge on any atom is 0.356 e. The molecular formula is C23H27N5O4. The zero-order chi connectivity index (χ0) is 22.5. The highest BCUT2D eigenvalue weighted by atomic mass is 16.4. The van der Waals surface area contributed by atoms with Gasteiger partial charge in [-0.25, -0.2) is 24.1 Å². The molecule has 1 aromatic carbocycles. The molecule has 9 heteroatoms. The Kier molecular flexibility index (Phi) is 6.66. The van der Waals surface area contributed by atoms with Gasteiger partial charge in [0.05, 0.1) is 24.5 Å². The van der Waals surface area contributed by atoms with Gasteiger partial charge in [0.15, 0.2) is 5.69 Å². The van der Waals surface area contributed by atoms with Gasteiger partial charge in [-0.3, -0.25) is 0 Å². The molecule has 9 nitrogen and oxygen atoms in total. The van der Waals surface area contributed by atoms with Crippen molar-refractivity contribution in [3.8, 4) is 5.69 Å². The van der Waals surface area contributed by atoms with Crippen molar-refractivity contribution in [2.75, 3.05) is 19.6 Å². The standard InChI is InChI=1S/C23H27N5O4/c29-15-24-12-16-5-4-6-17(11-16)13-25-23(32)27-10-9-20-19(14-27)21(22(30)31)26-28(20)18-7-2-1-3-8-18/h1-3,7-8,16-17H,4-6,9-14H2,(H,25,32)(H,30,31). The van der Waals surface area contributed by atoms with Crippen LogP contribution < -0.4 is 5.32 Å². The van der Waals surface area contributed by atoms with Crippen LogP contribution in [-0.4, -0.2) is 57.5 Å². The van der Waals surface area contributed by atoms with E-state index >= 15 is 0 Å². The van der Waals surface area contributed by atoms with Gasteiger partial charge in [-0.1, -0.05) is 24.6 Å². The quantitative estimate of drug-likeness (QED) is 0.532. The summed E-state index contributed by atoms with van der Waals surface area (Å²) in [7, 11) is 0. The highest BCUT2D eigenvalue weighted by molar-refractivity contribution is 5.88. The van der Waals surface area contributed by atoms with Crippen LogP contribution in [0.1, 0.15) is 47.4 Å². The number of carboxylic acid groups (broad SMARTS) is 1. The summed E-state index contributed by atoms with van der Waals surface area (Å²) in [6, 6.07) is 9.24. The molecule has 0 saturated heterocycles. The van der Waals surface area contributed by atoms with Crippen molar-refractivity contribution in [2.45, 2.75) is 38.6 Å². The molecule has 1 aromatic heterocycles. The third-order valence-electron chi connectivity index (χ3n) is 6.40. The summed E-state index contributed by atoms with van der Waals surface area (Å²) in [5.74, 6) is -0.369. The molecule has 1 fully saturated rings. The largest absolute Gasteiger partial charge is 0.476 e. The minimum atomic E-state index is -1.09. The van der Waals surface area contributed by atoms with Crippen molar-refractivity contribution in [3.05, 3.63) is 47.3 Å². The predicted octanol–water partition coefficient (Wildman–Crippen LogP) is 2.78. The van der Waals surface area contributed by atoms with E-state index in [2.05, 4.69) is 15.4 Å². The van der Waals surface area contributed by atoms with E-state index in [9.17, 15) is 19.5 Å². The molecule has 4 rings (SSSR count). The third kappa shape index (κ3) is 4.73. The molecule has 0 radical (unpaired) electrons. The molecule has 1 aliphatic heterocycles. The number of nitrogens with one attached hydrogen (secondary N) is 1. The number of aromatic nitrogens is 2. The van der Waals surface area contributed by atoms with E-state index in [-0.39, 0.29) is 18.3 Å². The lowest BCUT2D eigenvalue weighted by molar-refractivity contribution is 0.0687. The first-order chi connectivity index (χ1) is 15.6. The molecule has 32 heavy (non-hydrogen) atoms. The van der Waals surface area contributed by atoms with Crippen molar-refractivity contribution in [2.24, 2.45) is 16.8 Å². The zero-order valence-electron chi connectivity index (χ0n) is 17.9. The fourth-order valence-electron chi connectivity index (χ4n) is 4.81. The normalized spacial score (nSPS) is 20.2. The molecule has 2 amide bonds. The molecule has 168 valence electrons. The van der Waals surface area contributed by atoms with E-state index in [0.29, 0.717) is 43.5 Å². The van der Waals surface area contributed by atoms with Crippen LogP contribution in [0.2, 0.25) is 0 Å². The van der Waals surface area contributed by atoms with Crippen LogP contribution in [0.25, 0.3) is 5.69 Å². The monoisotopic (exact) mass is 437 g/mol. The molecule has 2 heterocycles. The Bertz CT molecular complexity index is 1030. The summed E-state index contributed by atoms with van der Waals surface area (Å²) in [4.78, 5) is 40.4. The lowest BCUT2D eigenvalue weighted by Gasteiger charge is -2.31. The molecule has 0 spiro atoms. The highest BCUT2D eigenvalue weighted by Gasteiger charge is 2.31. The number of hydrogen-bond donors (Lipinski definition) is 2. The highest BCUT2D eigenvalue weighted by Crippen LogP contribution is 2.29. The van der Waals surface area contributed by atoms with Crippen LogP contribution >= 0.6 is 0 Å². The number of carboxylic acids is 1. The van der Waals surface area contributed by atoms with E-state index in [0.717, 1.165) is 37.1 Å². The number of carbonyl (C=O) groups is 2. The van der Waals surface area contributed by atoms with E-state index in [1.165, 1.54) is 0 Å². The SMILES string of the molecule is O=C=NCC1CCCC(CNC(=O)N2CCc3c(c(C(=O)O)nn3-c3ccccc3)C2)C1. The topological polar surface area (TPSA) is 117 Å². The van der Waals surface area contributed by atoms with Crippen molar-refractivity contribution in [1.29, 1.82) is 0 Å². The van der Waals surface area contributed by atoms with E-state index in [1.54, 1.807) is 15.7 Å². The number of aromatic carboxylic acids is 1. The lowest BCUT2D eigenvalue weighted by atomic mass is 9.81. The summed E-state index contributed by atoms with van der Waals surface area (Å²) in [5, 5.41) is 17.0. The predicted molar refractivity (Wildman–Crippen MR) is 116 cm³/mol. The maximum absolute atomic E-state index is 12.8. The van der Waals surface area contributed by atoms with Crippen molar-refractivity contribution in [1.82, 2.24) is 20.0 Å². The Hall–Kier alpha value is -3.45. The Balaban J connectivity index is 1.41. The molecule has 2 N–H and O–H groups in total. The smallest absolute Gasteiger partial charge is 0.356 e. The first-order valence-electron chi connectivity index (χ1n) is 11.0. The molecule has 2 atom stereocenters. The Morgan fingerprint density at radius 1 is 1.22 bits per heavy atom. The first-order valence-corrected chi connectivity index (χ1v) is 11.0. The number of urea groups is 1. The number of rotatable bonds is 6. The number of aliphatic imine (C=N–C) groups is 1. The zero-order valence-corrected chi connectivity index (χ0v) is 17.9. The van der Waals surface area contributed by atoms with Crippen LogP contribution in [0.5, 0.6) is 0 Å². The minimum Gasteiger partial charge on any atom is -0.476 e. The number of fused-ring (bicyclic) bond motifs is 1. The molecule has 1 aliphatic carbocycles. The van der Waals surface area contributed by atoms with Gasteiger partial charge in [-0.15, -0.1) is 0 Å². The summed E-state index contributed by atoms with van der Waals surface area (Å²) < 4.78 is 1.68. The maximum atomic E-state index is 12.8. The Morgan fingerprint density at radius 2 is 2.00 bits per heavy atom. The summed E-state index contributed by atoms with van der Waals surface area (Å²) in [6.45, 7) is 1.79. The summed E-state index contributed by atoms with van der Waals surface area (Å²) in [5.41, 5.74) is 2.22. The van der Waals surface area contributed by atoms with E-state index < -0.39 is 5.97 Å². The van der Waals surface area contributed by atoms with E-state index in [1.807, 2.05) is 30.3 Å². The molecular weight excluding hydrogens is 410 g/mol. The number of amides is 2.